The highest BCUT2D eigenvalue weighted by molar-refractivity contribution is 6.31. The van der Waals surface area contributed by atoms with Gasteiger partial charge in [-0.15, -0.1) is 0 Å². The Kier molecular flexibility index (Phi) is 3.74. The SMILES string of the molecule is NC1=NCC(c2ccc(Cl)cc2F)N1c1cccc(Cl)c1. The highest BCUT2D eigenvalue weighted by atomic mass is 35.5. The third kappa shape index (κ3) is 2.69. The van der Waals surface area contributed by atoms with Crippen LogP contribution in [0, 0.1) is 5.82 Å². The van der Waals surface area contributed by atoms with Crippen molar-refractivity contribution in [1.29, 1.82) is 0 Å². The van der Waals surface area contributed by atoms with Crippen molar-refractivity contribution in [3.8, 4) is 0 Å². The predicted octanol–water partition coefficient (Wildman–Crippen LogP) is 4.01. The van der Waals surface area contributed by atoms with Crippen LogP contribution in [0.15, 0.2) is 47.5 Å². The van der Waals surface area contributed by atoms with Crippen molar-refractivity contribution in [3.05, 3.63) is 63.9 Å². The van der Waals surface area contributed by atoms with Crippen molar-refractivity contribution in [2.45, 2.75) is 6.04 Å². The normalized spacial score (nSPS) is 18.0. The average Bonchev–Trinajstić information content (AvgIpc) is 2.80. The van der Waals surface area contributed by atoms with Crippen molar-refractivity contribution in [2.75, 3.05) is 11.4 Å². The lowest BCUT2D eigenvalue weighted by Gasteiger charge is -2.27. The van der Waals surface area contributed by atoms with Gasteiger partial charge in [-0.3, -0.25) is 4.99 Å². The van der Waals surface area contributed by atoms with Gasteiger partial charge in [-0.25, -0.2) is 4.39 Å². The molecule has 0 saturated heterocycles. The number of aliphatic imine (C=N–C) groups is 1. The van der Waals surface area contributed by atoms with Crippen molar-refractivity contribution in [1.82, 2.24) is 0 Å². The molecule has 21 heavy (non-hydrogen) atoms. The summed E-state index contributed by atoms with van der Waals surface area (Å²) in [4.78, 5) is 6.00. The standard InChI is InChI=1S/C15H12Cl2FN3/c16-9-2-1-3-11(6-9)21-14(8-20-15(21)19)12-5-4-10(17)7-13(12)18/h1-7,14H,8H2,(H2,19,20). The summed E-state index contributed by atoms with van der Waals surface area (Å²) in [6.07, 6.45) is 0. The minimum absolute atomic E-state index is 0.305. The summed E-state index contributed by atoms with van der Waals surface area (Å²) in [6.45, 7) is 0.386. The number of benzene rings is 2. The molecule has 6 heteroatoms. The monoisotopic (exact) mass is 323 g/mol. The fourth-order valence-corrected chi connectivity index (χ4v) is 2.79. The number of guanidine groups is 1. The number of nitrogens with two attached hydrogens (primary N) is 1. The van der Waals surface area contributed by atoms with Crippen LogP contribution in [-0.2, 0) is 0 Å². The first-order chi connectivity index (χ1) is 10.1. The Morgan fingerprint density at radius 1 is 1.14 bits per heavy atom. The molecule has 0 amide bonds. The van der Waals surface area contributed by atoms with Gasteiger partial charge in [0.05, 0.1) is 12.6 Å². The topological polar surface area (TPSA) is 41.6 Å². The van der Waals surface area contributed by atoms with Crippen molar-refractivity contribution in [3.63, 3.8) is 0 Å². The van der Waals surface area contributed by atoms with Gasteiger partial charge in [-0.05, 0) is 30.3 Å². The Labute approximate surface area is 131 Å². The van der Waals surface area contributed by atoms with Crippen LogP contribution >= 0.6 is 23.2 Å². The number of anilines is 1. The highest BCUT2D eigenvalue weighted by Gasteiger charge is 2.30. The Hall–Kier alpha value is -1.78. The predicted molar refractivity (Wildman–Crippen MR) is 84.6 cm³/mol. The van der Waals surface area contributed by atoms with Gasteiger partial charge >= 0.3 is 0 Å². The molecular formula is C15H12Cl2FN3. The molecule has 3 rings (SSSR count). The van der Waals surface area contributed by atoms with Gasteiger partial charge in [0.1, 0.15) is 5.82 Å². The van der Waals surface area contributed by atoms with E-state index in [1.165, 1.54) is 6.07 Å². The summed E-state index contributed by atoms with van der Waals surface area (Å²) in [5, 5.41) is 0.944. The summed E-state index contributed by atoms with van der Waals surface area (Å²) in [5.74, 6) is -0.0268. The van der Waals surface area contributed by atoms with E-state index in [0.29, 0.717) is 28.1 Å². The molecule has 1 aliphatic rings. The summed E-state index contributed by atoms with van der Waals surface area (Å²) >= 11 is 11.8. The van der Waals surface area contributed by atoms with E-state index in [4.69, 9.17) is 28.9 Å². The maximum atomic E-state index is 14.2. The second-order valence-corrected chi connectivity index (χ2v) is 5.60. The van der Waals surface area contributed by atoms with Crippen LogP contribution < -0.4 is 10.6 Å². The van der Waals surface area contributed by atoms with Crippen molar-refractivity contribution >= 4 is 34.8 Å². The van der Waals surface area contributed by atoms with E-state index in [1.807, 2.05) is 12.1 Å². The largest absolute Gasteiger partial charge is 0.369 e. The van der Waals surface area contributed by atoms with E-state index >= 15 is 0 Å². The van der Waals surface area contributed by atoms with E-state index in [9.17, 15) is 4.39 Å². The number of rotatable bonds is 2. The van der Waals surface area contributed by atoms with Gasteiger partial charge < -0.3 is 10.6 Å². The second kappa shape index (κ2) is 5.54. The summed E-state index contributed by atoms with van der Waals surface area (Å²) < 4.78 is 14.2. The zero-order valence-electron chi connectivity index (χ0n) is 10.9. The molecule has 0 spiro atoms. The van der Waals surface area contributed by atoms with Crippen LogP contribution in [0.4, 0.5) is 10.1 Å². The van der Waals surface area contributed by atoms with Crippen LogP contribution in [-0.4, -0.2) is 12.5 Å². The Bertz CT molecular complexity index is 718. The number of nitrogens with zero attached hydrogens (tertiary/aromatic N) is 2. The molecule has 1 heterocycles. The van der Waals surface area contributed by atoms with E-state index in [2.05, 4.69) is 4.99 Å². The number of hydrogen-bond donors (Lipinski definition) is 1. The summed E-state index contributed by atoms with van der Waals surface area (Å²) in [6, 6.07) is 11.5. The Balaban J connectivity index is 2.03. The lowest BCUT2D eigenvalue weighted by Crippen LogP contribution is -2.36. The van der Waals surface area contributed by atoms with E-state index in [1.54, 1.807) is 29.2 Å². The summed E-state index contributed by atoms with van der Waals surface area (Å²) in [5.41, 5.74) is 7.23. The van der Waals surface area contributed by atoms with Gasteiger partial charge in [0.2, 0.25) is 0 Å². The molecule has 0 aliphatic carbocycles. The minimum Gasteiger partial charge on any atom is -0.369 e. The molecule has 108 valence electrons. The third-order valence-electron chi connectivity index (χ3n) is 3.39. The number of hydrogen-bond acceptors (Lipinski definition) is 3. The minimum atomic E-state index is -0.371. The molecule has 1 aliphatic heterocycles. The molecule has 1 unspecified atom stereocenters. The molecule has 0 fully saturated rings. The van der Waals surface area contributed by atoms with Gasteiger partial charge in [0, 0.05) is 21.3 Å². The molecule has 2 N–H and O–H groups in total. The maximum Gasteiger partial charge on any atom is 0.196 e. The quantitative estimate of drug-likeness (QED) is 0.907. The van der Waals surface area contributed by atoms with Crippen LogP contribution in [0.2, 0.25) is 10.0 Å². The summed E-state index contributed by atoms with van der Waals surface area (Å²) in [7, 11) is 0. The molecule has 0 radical (unpaired) electrons. The zero-order valence-corrected chi connectivity index (χ0v) is 12.4. The van der Waals surface area contributed by atoms with E-state index < -0.39 is 0 Å². The molecule has 0 bridgehead atoms. The van der Waals surface area contributed by atoms with Crippen LogP contribution in [0.5, 0.6) is 0 Å². The van der Waals surface area contributed by atoms with E-state index in [-0.39, 0.29) is 11.9 Å². The molecule has 0 aromatic heterocycles. The van der Waals surface area contributed by atoms with Gasteiger partial charge in [0.25, 0.3) is 0 Å². The van der Waals surface area contributed by atoms with Gasteiger partial charge in [-0.2, -0.15) is 0 Å². The van der Waals surface area contributed by atoms with E-state index in [0.717, 1.165) is 5.69 Å². The molecule has 3 nitrogen and oxygen atoms in total. The smallest absolute Gasteiger partial charge is 0.196 e. The first-order valence-electron chi connectivity index (χ1n) is 6.36. The molecular weight excluding hydrogens is 312 g/mol. The molecule has 0 saturated carbocycles. The van der Waals surface area contributed by atoms with Gasteiger partial charge in [-0.1, -0.05) is 35.3 Å². The molecule has 1 atom stereocenters. The van der Waals surface area contributed by atoms with Crippen LogP contribution in [0.3, 0.4) is 0 Å². The highest BCUT2D eigenvalue weighted by Crippen LogP contribution is 2.34. The molecule has 2 aromatic carbocycles. The zero-order chi connectivity index (χ0) is 15.0. The maximum absolute atomic E-state index is 14.2. The number of halogens is 3. The fourth-order valence-electron chi connectivity index (χ4n) is 2.44. The van der Waals surface area contributed by atoms with Crippen LogP contribution in [0.1, 0.15) is 11.6 Å². The second-order valence-electron chi connectivity index (χ2n) is 4.73. The Morgan fingerprint density at radius 2 is 1.90 bits per heavy atom. The lowest BCUT2D eigenvalue weighted by molar-refractivity contribution is 0.589. The lowest BCUT2D eigenvalue weighted by atomic mass is 10.0. The molecule has 2 aromatic rings. The van der Waals surface area contributed by atoms with Gasteiger partial charge in [0.15, 0.2) is 5.96 Å². The Morgan fingerprint density at radius 3 is 2.62 bits per heavy atom. The first kappa shape index (κ1) is 14.2. The fraction of sp³-hybridized carbons (Fsp3) is 0.133. The average molecular weight is 324 g/mol. The van der Waals surface area contributed by atoms with Crippen LogP contribution in [0.25, 0.3) is 0 Å². The van der Waals surface area contributed by atoms with Crippen molar-refractivity contribution < 1.29 is 4.39 Å². The van der Waals surface area contributed by atoms with Crippen molar-refractivity contribution in [2.24, 2.45) is 10.7 Å². The third-order valence-corrected chi connectivity index (χ3v) is 3.86. The first-order valence-corrected chi connectivity index (χ1v) is 7.11.